The summed E-state index contributed by atoms with van der Waals surface area (Å²) in [7, 11) is 0. The zero-order chi connectivity index (χ0) is 10.4. The van der Waals surface area contributed by atoms with Gasteiger partial charge < -0.3 is 10.6 Å². The fourth-order valence-corrected chi connectivity index (χ4v) is 0.840. The predicted octanol–water partition coefficient (Wildman–Crippen LogP) is 0.426. The Morgan fingerprint density at radius 2 is 1.77 bits per heavy atom. The van der Waals surface area contributed by atoms with Gasteiger partial charge in [-0.2, -0.15) is 0 Å². The number of rotatable bonds is 4. The van der Waals surface area contributed by atoms with Gasteiger partial charge in [0.05, 0.1) is 0 Å². The van der Waals surface area contributed by atoms with Crippen LogP contribution in [0.4, 0.5) is 0 Å². The van der Waals surface area contributed by atoms with Crippen LogP contribution in [-0.4, -0.2) is 23.9 Å². The van der Waals surface area contributed by atoms with Gasteiger partial charge in [0, 0.05) is 13.0 Å². The van der Waals surface area contributed by atoms with Crippen molar-refractivity contribution in [2.45, 2.75) is 46.2 Å². The van der Waals surface area contributed by atoms with E-state index in [0.29, 0.717) is 0 Å². The standard InChI is InChI=1S/C9H18N2O2/c1-5-6(2)10-9(13)7(3)11-8(4)12/h6-7H,5H2,1-4H3,(H,10,13)(H,11,12). The minimum Gasteiger partial charge on any atom is -0.352 e. The van der Waals surface area contributed by atoms with Crippen LogP contribution in [0.2, 0.25) is 0 Å². The van der Waals surface area contributed by atoms with Gasteiger partial charge in [-0.15, -0.1) is 0 Å². The first kappa shape index (κ1) is 11.9. The van der Waals surface area contributed by atoms with Crippen molar-refractivity contribution in [3.05, 3.63) is 0 Å². The van der Waals surface area contributed by atoms with E-state index in [-0.39, 0.29) is 17.9 Å². The average molecular weight is 186 g/mol. The molecule has 0 aromatic heterocycles. The van der Waals surface area contributed by atoms with E-state index in [2.05, 4.69) is 10.6 Å². The summed E-state index contributed by atoms with van der Waals surface area (Å²) in [6.07, 6.45) is 0.887. The van der Waals surface area contributed by atoms with Gasteiger partial charge in [0.25, 0.3) is 0 Å². The fraction of sp³-hybridized carbons (Fsp3) is 0.778. The maximum atomic E-state index is 11.3. The predicted molar refractivity (Wildman–Crippen MR) is 51.2 cm³/mol. The third kappa shape index (κ3) is 5.22. The Labute approximate surface area is 79.1 Å². The first-order valence-corrected chi connectivity index (χ1v) is 4.54. The van der Waals surface area contributed by atoms with Crippen molar-refractivity contribution in [3.63, 3.8) is 0 Å². The summed E-state index contributed by atoms with van der Waals surface area (Å²) in [5.41, 5.74) is 0. The quantitative estimate of drug-likeness (QED) is 0.668. The van der Waals surface area contributed by atoms with Crippen molar-refractivity contribution in [1.29, 1.82) is 0 Å². The van der Waals surface area contributed by atoms with E-state index in [4.69, 9.17) is 0 Å². The van der Waals surface area contributed by atoms with Gasteiger partial charge in [-0.1, -0.05) is 6.92 Å². The highest BCUT2D eigenvalue weighted by molar-refractivity contribution is 5.86. The molecule has 0 radical (unpaired) electrons. The highest BCUT2D eigenvalue weighted by atomic mass is 16.2. The van der Waals surface area contributed by atoms with Gasteiger partial charge in [-0.3, -0.25) is 9.59 Å². The third-order valence-corrected chi connectivity index (χ3v) is 1.81. The first-order valence-electron chi connectivity index (χ1n) is 4.54. The normalized spacial score (nSPS) is 14.5. The van der Waals surface area contributed by atoms with Crippen LogP contribution in [0.15, 0.2) is 0 Å². The van der Waals surface area contributed by atoms with E-state index in [1.807, 2.05) is 13.8 Å². The van der Waals surface area contributed by atoms with Gasteiger partial charge in [-0.25, -0.2) is 0 Å². The number of amides is 2. The van der Waals surface area contributed by atoms with Crippen LogP contribution in [-0.2, 0) is 9.59 Å². The van der Waals surface area contributed by atoms with E-state index in [0.717, 1.165) is 6.42 Å². The molecule has 0 aliphatic carbocycles. The molecule has 0 fully saturated rings. The van der Waals surface area contributed by atoms with Gasteiger partial charge in [-0.05, 0) is 20.3 Å². The number of nitrogens with one attached hydrogen (secondary N) is 2. The molecule has 2 amide bonds. The maximum Gasteiger partial charge on any atom is 0.242 e. The Morgan fingerprint density at radius 1 is 1.23 bits per heavy atom. The van der Waals surface area contributed by atoms with Crippen molar-refractivity contribution in [3.8, 4) is 0 Å². The van der Waals surface area contributed by atoms with Crippen LogP contribution in [0.5, 0.6) is 0 Å². The summed E-state index contributed by atoms with van der Waals surface area (Å²) in [5.74, 6) is -0.323. The largest absolute Gasteiger partial charge is 0.352 e. The SMILES string of the molecule is CCC(C)NC(=O)C(C)NC(C)=O. The van der Waals surface area contributed by atoms with Crippen molar-refractivity contribution in [2.24, 2.45) is 0 Å². The van der Waals surface area contributed by atoms with Crippen molar-refractivity contribution in [2.75, 3.05) is 0 Å². The monoisotopic (exact) mass is 186 g/mol. The zero-order valence-corrected chi connectivity index (χ0v) is 8.68. The Hall–Kier alpha value is -1.06. The van der Waals surface area contributed by atoms with Crippen LogP contribution in [0.1, 0.15) is 34.1 Å². The molecule has 0 rings (SSSR count). The molecular formula is C9H18N2O2. The second-order valence-corrected chi connectivity index (χ2v) is 3.24. The number of carbonyl (C=O) groups is 2. The Kier molecular flexibility index (Phi) is 5.11. The molecule has 76 valence electrons. The Balaban J connectivity index is 3.89. The molecule has 0 aliphatic heterocycles. The molecule has 0 aromatic carbocycles. The molecule has 4 heteroatoms. The molecule has 4 nitrogen and oxygen atoms in total. The molecule has 0 saturated carbocycles. The molecule has 0 heterocycles. The van der Waals surface area contributed by atoms with Crippen LogP contribution >= 0.6 is 0 Å². The molecule has 13 heavy (non-hydrogen) atoms. The second kappa shape index (κ2) is 5.56. The highest BCUT2D eigenvalue weighted by Gasteiger charge is 2.14. The number of hydrogen-bond donors (Lipinski definition) is 2. The smallest absolute Gasteiger partial charge is 0.242 e. The van der Waals surface area contributed by atoms with Crippen LogP contribution in [0, 0.1) is 0 Å². The van der Waals surface area contributed by atoms with Gasteiger partial charge in [0.15, 0.2) is 0 Å². The van der Waals surface area contributed by atoms with Gasteiger partial charge in [0.1, 0.15) is 6.04 Å². The van der Waals surface area contributed by atoms with Crippen molar-refractivity contribution >= 4 is 11.8 Å². The Morgan fingerprint density at radius 3 is 2.15 bits per heavy atom. The summed E-state index contributed by atoms with van der Waals surface area (Å²) in [5, 5.41) is 5.30. The molecule has 0 aromatic rings. The maximum absolute atomic E-state index is 11.3. The van der Waals surface area contributed by atoms with E-state index in [1.54, 1.807) is 6.92 Å². The molecular weight excluding hydrogens is 168 g/mol. The van der Waals surface area contributed by atoms with Gasteiger partial charge in [0.2, 0.25) is 11.8 Å². The third-order valence-electron chi connectivity index (χ3n) is 1.81. The molecule has 0 spiro atoms. The lowest BCUT2D eigenvalue weighted by Crippen LogP contribution is -2.46. The lowest BCUT2D eigenvalue weighted by Gasteiger charge is -2.16. The van der Waals surface area contributed by atoms with Crippen molar-refractivity contribution < 1.29 is 9.59 Å². The topological polar surface area (TPSA) is 58.2 Å². The number of hydrogen-bond acceptors (Lipinski definition) is 2. The zero-order valence-electron chi connectivity index (χ0n) is 8.68. The summed E-state index contributed by atoms with van der Waals surface area (Å²) < 4.78 is 0. The number of carbonyl (C=O) groups excluding carboxylic acids is 2. The van der Waals surface area contributed by atoms with Crippen LogP contribution in [0.25, 0.3) is 0 Å². The summed E-state index contributed by atoms with van der Waals surface area (Å²) in [6, 6.07) is -0.296. The molecule has 0 saturated heterocycles. The van der Waals surface area contributed by atoms with Crippen molar-refractivity contribution in [1.82, 2.24) is 10.6 Å². The fourth-order valence-electron chi connectivity index (χ4n) is 0.840. The molecule has 2 unspecified atom stereocenters. The minimum absolute atomic E-state index is 0.135. The second-order valence-electron chi connectivity index (χ2n) is 3.24. The lowest BCUT2D eigenvalue weighted by atomic mass is 10.2. The van der Waals surface area contributed by atoms with Crippen LogP contribution < -0.4 is 10.6 Å². The Bertz CT molecular complexity index is 192. The summed E-state index contributed by atoms with van der Waals surface area (Å²) in [4.78, 5) is 21.9. The summed E-state index contributed by atoms with van der Waals surface area (Å²) in [6.45, 7) is 6.98. The average Bonchev–Trinajstić information content (AvgIpc) is 2.02. The molecule has 0 bridgehead atoms. The highest BCUT2D eigenvalue weighted by Crippen LogP contribution is 1.90. The molecule has 2 atom stereocenters. The molecule has 0 aliphatic rings. The lowest BCUT2D eigenvalue weighted by molar-refractivity contribution is -0.128. The van der Waals surface area contributed by atoms with E-state index in [9.17, 15) is 9.59 Å². The summed E-state index contributed by atoms with van der Waals surface area (Å²) >= 11 is 0. The van der Waals surface area contributed by atoms with Crippen LogP contribution in [0.3, 0.4) is 0 Å². The van der Waals surface area contributed by atoms with E-state index < -0.39 is 6.04 Å². The molecule has 2 N–H and O–H groups in total. The van der Waals surface area contributed by atoms with E-state index >= 15 is 0 Å². The van der Waals surface area contributed by atoms with E-state index in [1.165, 1.54) is 6.92 Å². The minimum atomic E-state index is -0.452. The van der Waals surface area contributed by atoms with Gasteiger partial charge >= 0.3 is 0 Å². The first-order chi connectivity index (χ1) is 5.97.